The number of carbonyl (C=O) groups is 3. The van der Waals surface area contributed by atoms with Crippen LogP contribution in [0, 0.1) is 0 Å². The summed E-state index contributed by atoms with van der Waals surface area (Å²) in [6.45, 7) is 4.46. The summed E-state index contributed by atoms with van der Waals surface area (Å²) >= 11 is 0. The topological polar surface area (TPSA) is 123 Å². The lowest BCUT2D eigenvalue weighted by atomic mass is 10.0. The molecule has 9 heteroatoms. The number of amides is 2. The van der Waals surface area contributed by atoms with Gasteiger partial charge < -0.3 is 30.0 Å². The number of ether oxygens (including phenoxy) is 3. The van der Waals surface area contributed by atoms with Crippen molar-refractivity contribution in [1.29, 1.82) is 0 Å². The Balaban J connectivity index is 2.96. The number of esters is 1. The molecule has 1 aromatic carbocycles. The molecule has 1 rings (SSSR count). The van der Waals surface area contributed by atoms with E-state index in [1.807, 2.05) is 0 Å². The molecule has 28 heavy (non-hydrogen) atoms. The zero-order chi connectivity index (χ0) is 21.3. The largest absolute Gasteiger partial charge is 0.497 e. The number of hydrogen-bond donors (Lipinski definition) is 3. The highest BCUT2D eigenvalue weighted by atomic mass is 16.6. The quantitative estimate of drug-likeness (QED) is 0.555. The summed E-state index contributed by atoms with van der Waals surface area (Å²) < 4.78 is 14.8. The van der Waals surface area contributed by atoms with Gasteiger partial charge >= 0.3 is 12.1 Å². The maximum atomic E-state index is 12.6. The second kappa shape index (κ2) is 10.5. The van der Waals surface area contributed by atoms with E-state index in [2.05, 4.69) is 15.4 Å². The molecule has 0 aliphatic carbocycles. The minimum absolute atomic E-state index is 0.133. The van der Waals surface area contributed by atoms with Crippen LogP contribution in [0.25, 0.3) is 0 Å². The first-order valence-corrected chi connectivity index (χ1v) is 8.71. The van der Waals surface area contributed by atoms with Gasteiger partial charge in [-0.2, -0.15) is 0 Å². The minimum Gasteiger partial charge on any atom is -0.497 e. The van der Waals surface area contributed by atoms with Crippen molar-refractivity contribution in [3.63, 3.8) is 0 Å². The monoisotopic (exact) mass is 396 g/mol. The van der Waals surface area contributed by atoms with Crippen molar-refractivity contribution < 1.29 is 33.7 Å². The Morgan fingerprint density at radius 3 is 2.11 bits per heavy atom. The molecule has 0 heterocycles. The highest BCUT2D eigenvalue weighted by Crippen LogP contribution is 2.14. The van der Waals surface area contributed by atoms with Gasteiger partial charge in [0.05, 0.1) is 20.8 Å². The Morgan fingerprint density at radius 1 is 1.04 bits per heavy atom. The molecule has 1 aromatic rings. The summed E-state index contributed by atoms with van der Waals surface area (Å²) in [4.78, 5) is 36.4. The molecule has 2 atom stereocenters. The standard InChI is InChI=1S/C19H28N2O7/c1-19(2,3)28-18(25)21-14(10-12-6-8-13(26-4)9-7-12)16(23)20-15(11-22)17(24)27-5/h6-9,14-15,22H,10-11H2,1-5H3,(H,20,23)(H,21,25). The molecule has 9 nitrogen and oxygen atoms in total. The van der Waals surface area contributed by atoms with Crippen LogP contribution in [0.15, 0.2) is 24.3 Å². The van der Waals surface area contributed by atoms with Gasteiger partial charge in [-0.1, -0.05) is 12.1 Å². The van der Waals surface area contributed by atoms with E-state index < -0.39 is 42.3 Å². The number of benzene rings is 1. The van der Waals surface area contributed by atoms with Gasteiger partial charge in [0.15, 0.2) is 6.04 Å². The first-order chi connectivity index (χ1) is 13.1. The van der Waals surface area contributed by atoms with Crippen molar-refractivity contribution in [3.05, 3.63) is 29.8 Å². The molecule has 0 saturated carbocycles. The summed E-state index contributed by atoms with van der Waals surface area (Å²) in [5.74, 6) is -0.807. The molecule has 2 amide bonds. The van der Waals surface area contributed by atoms with Crippen LogP contribution in [0.1, 0.15) is 26.3 Å². The molecule has 0 saturated heterocycles. The lowest BCUT2D eigenvalue weighted by Gasteiger charge is -2.24. The third-order valence-corrected chi connectivity index (χ3v) is 3.59. The van der Waals surface area contributed by atoms with Gasteiger partial charge in [-0.25, -0.2) is 9.59 Å². The fourth-order valence-corrected chi connectivity index (χ4v) is 2.25. The SMILES string of the molecule is COC(=O)C(CO)NC(=O)C(Cc1ccc(OC)cc1)NC(=O)OC(C)(C)C. The van der Waals surface area contributed by atoms with Crippen molar-refractivity contribution >= 4 is 18.0 Å². The van der Waals surface area contributed by atoms with E-state index in [4.69, 9.17) is 9.47 Å². The van der Waals surface area contributed by atoms with Crippen molar-refractivity contribution in [1.82, 2.24) is 10.6 Å². The van der Waals surface area contributed by atoms with Crippen molar-refractivity contribution in [2.45, 2.75) is 44.9 Å². The Bertz CT molecular complexity index is 668. The second-order valence-corrected chi connectivity index (χ2v) is 7.02. The van der Waals surface area contributed by atoms with Gasteiger partial charge in [0.25, 0.3) is 0 Å². The van der Waals surface area contributed by atoms with Crippen LogP contribution in [-0.2, 0) is 25.5 Å². The minimum atomic E-state index is -1.24. The van der Waals surface area contributed by atoms with E-state index in [1.54, 1.807) is 45.0 Å². The molecular formula is C19H28N2O7. The number of nitrogens with one attached hydrogen (secondary N) is 2. The van der Waals surface area contributed by atoms with Gasteiger partial charge in [-0.3, -0.25) is 4.79 Å². The van der Waals surface area contributed by atoms with Gasteiger partial charge in [-0.15, -0.1) is 0 Å². The molecule has 156 valence electrons. The fourth-order valence-electron chi connectivity index (χ4n) is 2.25. The van der Waals surface area contributed by atoms with Gasteiger partial charge in [0, 0.05) is 6.42 Å². The lowest BCUT2D eigenvalue weighted by Crippen LogP contribution is -2.54. The van der Waals surface area contributed by atoms with E-state index in [9.17, 15) is 19.5 Å². The molecule has 0 aromatic heterocycles. The van der Waals surface area contributed by atoms with Crippen molar-refractivity contribution in [2.24, 2.45) is 0 Å². The third-order valence-electron chi connectivity index (χ3n) is 3.59. The van der Waals surface area contributed by atoms with Crippen LogP contribution < -0.4 is 15.4 Å². The van der Waals surface area contributed by atoms with E-state index in [0.717, 1.165) is 12.7 Å². The first kappa shape index (κ1) is 23.2. The van der Waals surface area contributed by atoms with Crippen molar-refractivity contribution in [2.75, 3.05) is 20.8 Å². The number of hydrogen-bond acceptors (Lipinski definition) is 7. The summed E-state index contributed by atoms with van der Waals surface area (Å²) in [6, 6.07) is 4.67. The van der Waals surface area contributed by atoms with E-state index >= 15 is 0 Å². The van der Waals surface area contributed by atoms with Crippen LogP contribution in [0.5, 0.6) is 5.75 Å². The fraction of sp³-hybridized carbons (Fsp3) is 0.526. The number of carbonyl (C=O) groups excluding carboxylic acids is 3. The maximum absolute atomic E-state index is 12.6. The average Bonchev–Trinajstić information content (AvgIpc) is 2.63. The number of aliphatic hydroxyl groups excluding tert-OH is 1. The zero-order valence-electron chi connectivity index (χ0n) is 16.8. The number of alkyl carbamates (subject to hydrolysis) is 1. The second-order valence-electron chi connectivity index (χ2n) is 7.02. The molecular weight excluding hydrogens is 368 g/mol. The Kier molecular flexibility index (Phi) is 8.72. The molecule has 0 bridgehead atoms. The third kappa shape index (κ3) is 7.83. The van der Waals surface area contributed by atoms with E-state index in [-0.39, 0.29) is 6.42 Å². The Morgan fingerprint density at radius 2 is 1.64 bits per heavy atom. The van der Waals surface area contributed by atoms with Crippen molar-refractivity contribution in [3.8, 4) is 5.75 Å². The zero-order valence-corrected chi connectivity index (χ0v) is 16.8. The number of methoxy groups -OCH3 is 2. The highest BCUT2D eigenvalue weighted by molar-refractivity contribution is 5.90. The lowest BCUT2D eigenvalue weighted by molar-refractivity contribution is -0.146. The van der Waals surface area contributed by atoms with Crippen LogP contribution >= 0.6 is 0 Å². The first-order valence-electron chi connectivity index (χ1n) is 8.71. The molecule has 0 aliphatic rings. The molecule has 0 fully saturated rings. The Hall–Kier alpha value is -2.81. The van der Waals surface area contributed by atoms with Crippen LogP contribution in [-0.4, -0.2) is 61.6 Å². The number of rotatable bonds is 8. The summed E-state index contributed by atoms with van der Waals surface area (Å²) in [6.07, 6.45) is -0.645. The van der Waals surface area contributed by atoms with Crippen LogP contribution in [0.3, 0.4) is 0 Å². The summed E-state index contributed by atoms with van der Waals surface area (Å²) in [5.41, 5.74) is 0.000784. The highest BCUT2D eigenvalue weighted by Gasteiger charge is 2.28. The summed E-state index contributed by atoms with van der Waals surface area (Å²) in [5, 5.41) is 14.2. The molecule has 2 unspecified atom stereocenters. The van der Waals surface area contributed by atoms with Gasteiger partial charge in [-0.05, 0) is 38.5 Å². The molecule has 0 aliphatic heterocycles. The van der Waals surface area contributed by atoms with Crippen LogP contribution in [0.4, 0.5) is 4.79 Å². The van der Waals surface area contributed by atoms with Gasteiger partial charge in [0.1, 0.15) is 17.4 Å². The molecule has 0 spiro atoms. The van der Waals surface area contributed by atoms with Crippen LogP contribution in [0.2, 0.25) is 0 Å². The maximum Gasteiger partial charge on any atom is 0.408 e. The summed E-state index contributed by atoms with van der Waals surface area (Å²) in [7, 11) is 2.68. The molecule has 0 radical (unpaired) electrons. The predicted octanol–water partition coefficient (Wildman–Crippen LogP) is 0.781. The molecule has 3 N–H and O–H groups in total. The smallest absolute Gasteiger partial charge is 0.408 e. The van der Waals surface area contributed by atoms with Gasteiger partial charge in [0.2, 0.25) is 5.91 Å². The normalized spacial score (nSPS) is 13.1. The Labute approximate surface area is 164 Å². The predicted molar refractivity (Wildman–Crippen MR) is 101 cm³/mol. The van der Waals surface area contributed by atoms with E-state index in [0.29, 0.717) is 5.75 Å². The van der Waals surface area contributed by atoms with E-state index in [1.165, 1.54) is 7.11 Å². The average molecular weight is 396 g/mol. The number of aliphatic hydroxyl groups is 1.